The lowest BCUT2D eigenvalue weighted by Gasteiger charge is -2.23. The molecule has 0 radical (unpaired) electrons. The summed E-state index contributed by atoms with van der Waals surface area (Å²) in [5.41, 5.74) is 3.41. The number of aliphatic hydroxyl groups is 1. The molecule has 0 bridgehead atoms. The minimum absolute atomic E-state index is 0.353. The van der Waals surface area contributed by atoms with Crippen LogP contribution in [0.4, 0.5) is 5.82 Å². The molecule has 1 aromatic carbocycles. The minimum atomic E-state index is -0.473. The topological polar surface area (TPSA) is 65.5 Å². The molecule has 5 nitrogen and oxygen atoms in total. The van der Waals surface area contributed by atoms with E-state index in [-0.39, 0.29) is 5.91 Å². The first kappa shape index (κ1) is 16.2. The number of hydrogen-bond acceptors (Lipinski definition) is 4. The largest absolute Gasteiger partial charge is 0.387 e. The Balaban J connectivity index is 2.20. The second kappa shape index (κ2) is 7.22. The van der Waals surface area contributed by atoms with Gasteiger partial charge in [0, 0.05) is 25.0 Å². The number of nitrogens with one attached hydrogen (secondary N) is 1. The van der Waals surface area contributed by atoms with Crippen LogP contribution in [-0.4, -0.2) is 42.2 Å². The van der Waals surface area contributed by atoms with E-state index in [2.05, 4.69) is 49.2 Å². The number of rotatable bonds is 6. The number of aromatic nitrogens is 1. The summed E-state index contributed by atoms with van der Waals surface area (Å²) in [4.78, 5) is 17.9. The zero-order chi connectivity index (χ0) is 16.1. The summed E-state index contributed by atoms with van der Waals surface area (Å²) in [5, 5.41) is 12.6. The lowest BCUT2D eigenvalue weighted by Crippen LogP contribution is -2.36. The molecule has 1 amide bonds. The third-order valence-electron chi connectivity index (χ3n) is 3.71. The summed E-state index contributed by atoms with van der Waals surface area (Å²) >= 11 is 0. The van der Waals surface area contributed by atoms with E-state index < -0.39 is 6.61 Å². The Morgan fingerprint density at radius 1 is 1.32 bits per heavy atom. The van der Waals surface area contributed by atoms with Crippen molar-refractivity contribution in [3.63, 3.8) is 0 Å². The highest BCUT2D eigenvalue weighted by atomic mass is 16.3. The average Bonchev–Trinajstić information content (AvgIpc) is 2.51. The molecule has 2 rings (SSSR count). The van der Waals surface area contributed by atoms with Gasteiger partial charge in [-0.15, -0.1) is 0 Å². The summed E-state index contributed by atoms with van der Waals surface area (Å²) < 4.78 is 0. The van der Waals surface area contributed by atoms with Crippen LogP contribution in [0.1, 0.15) is 18.1 Å². The predicted octanol–water partition coefficient (Wildman–Crippen LogP) is 1.79. The van der Waals surface area contributed by atoms with Crippen LogP contribution in [-0.2, 0) is 4.79 Å². The summed E-state index contributed by atoms with van der Waals surface area (Å²) in [5.74, 6) is 0.559. The second-order valence-electron chi connectivity index (χ2n) is 5.41. The van der Waals surface area contributed by atoms with Crippen LogP contribution in [0, 0.1) is 13.8 Å². The number of aryl methyl sites for hydroxylation is 2. The van der Waals surface area contributed by atoms with Gasteiger partial charge in [0.25, 0.3) is 0 Å². The van der Waals surface area contributed by atoms with Crippen molar-refractivity contribution in [3.05, 3.63) is 35.4 Å². The third kappa shape index (κ3) is 3.74. The minimum Gasteiger partial charge on any atom is -0.387 e. The number of fused-ring (bicyclic) bond motifs is 1. The number of nitrogens with zero attached hydrogens (tertiary/aromatic N) is 2. The van der Waals surface area contributed by atoms with Crippen molar-refractivity contribution in [2.75, 3.05) is 31.1 Å². The SMILES string of the molecule is CCN(CCNC(=O)CO)c1cc(C)c2cc(C)ccc2n1. The Morgan fingerprint density at radius 3 is 2.77 bits per heavy atom. The highest BCUT2D eigenvalue weighted by molar-refractivity contribution is 5.84. The molecule has 0 aliphatic carbocycles. The molecule has 1 aromatic heterocycles. The first-order valence-electron chi connectivity index (χ1n) is 7.55. The van der Waals surface area contributed by atoms with Gasteiger partial charge in [0.1, 0.15) is 12.4 Å². The summed E-state index contributed by atoms with van der Waals surface area (Å²) in [6.45, 7) is 7.71. The number of benzene rings is 1. The van der Waals surface area contributed by atoms with Gasteiger partial charge in [-0.1, -0.05) is 11.6 Å². The van der Waals surface area contributed by atoms with Crippen LogP contribution in [0.3, 0.4) is 0 Å². The quantitative estimate of drug-likeness (QED) is 0.853. The molecule has 22 heavy (non-hydrogen) atoms. The van der Waals surface area contributed by atoms with E-state index in [4.69, 9.17) is 10.1 Å². The molecule has 0 saturated carbocycles. The van der Waals surface area contributed by atoms with Gasteiger partial charge in [-0.05, 0) is 44.5 Å². The standard InChI is InChI=1S/C17H23N3O2/c1-4-20(8-7-18-17(22)11-21)16-10-13(3)14-9-12(2)5-6-15(14)19-16/h5-6,9-10,21H,4,7-8,11H2,1-3H3,(H,18,22). The van der Waals surface area contributed by atoms with E-state index in [1.807, 2.05) is 6.07 Å². The maximum atomic E-state index is 11.1. The van der Waals surface area contributed by atoms with Crippen LogP contribution < -0.4 is 10.2 Å². The number of carbonyl (C=O) groups excluding carboxylic acids is 1. The van der Waals surface area contributed by atoms with Gasteiger partial charge < -0.3 is 15.3 Å². The van der Waals surface area contributed by atoms with Crippen LogP contribution in [0.15, 0.2) is 24.3 Å². The van der Waals surface area contributed by atoms with Crippen molar-refractivity contribution >= 4 is 22.6 Å². The zero-order valence-electron chi connectivity index (χ0n) is 13.4. The third-order valence-corrected chi connectivity index (χ3v) is 3.71. The molecule has 0 unspecified atom stereocenters. The fourth-order valence-electron chi connectivity index (χ4n) is 2.47. The Labute approximate surface area is 131 Å². The molecule has 1 heterocycles. The van der Waals surface area contributed by atoms with Crippen molar-refractivity contribution in [2.45, 2.75) is 20.8 Å². The van der Waals surface area contributed by atoms with E-state index >= 15 is 0 Å². The predicted molar refractivity (Wildman–Crippen MR) is 89.2 cm³/mol. The van der Waals surface area contributed by atoms with Crippen LogP contribution >= 0.6 is 0 Å². The number of aliphatic hydroxyl groups excluding tert-OH is 1. The highest BCUT2D eigenvalue weighted by Gasteiger charge is 2.09. The van der Waals surface area contributed by atoms with Crippen LogP contribution in [0.2, 0.25) is 0 Å². The van der Waals surface area contributed by atoms with Gasteiger partial charge in [0.2, 0.25) is 5.91 Å². The van der Waals surface area contributed by atoms with Gasteiger partial charge in [0.15, 0.2) is 0 Å². The van der Waals surface area contributed by atoms with Gasteiger partial charge in [0.05, 0.1) is 5.52 Å². The molecule has 118 valence electrons. The number of anilines is 1. The van der Waals surface area contributed by atoms with Crippen LogP contribution in [0.25, 0.3) is 10.9 Å². The van der Waals surface area contributed by atoms with E-state index in [9.17, 15) is 4.79 Å². The van der Waals surface area contributed by atoms with Crippen molar-refractivity contribution in [3.8, 4) is 0 Å². The van der Waals surface area contributed by atoms with Gasteiger partial charge in [-0.25, -0.2) is 4.98 Å². The first-order valence-corrected chi connectivity index (χ1v) is 7.55. The van der Waals surface area contributed by atoms with Crippen molar-refractivity contribution in [2.24, 2.45) is 0 Å². The monoisotopic (exact) mass is 301 g/mol. The normalized spacial score (nSPS) is 10.7. The lowest BCUT2D eigenvalue weighted by atomic mass is 10.1. The zero-order valence-corrected chi connectivity index (χ0v) is 13.4. The van der Waals surface area contributed by atoms with Gasteiger partial charge in [-0.3, -0.25) is 4.79 Å². The Hall–Kier alpha value is -2.14. The molecule has 0 saturated heterocycles. The molecule has 2 aromatic rings. The lowest BCUT2D eigenvalue weighted by molar-refractivity contribution is -0.123. The Morgan fingerprint density at radius 2 is 2.09 bits per heavy atom. The molecule has 0 fully saturated rings. The number of amides is 1. The summed E-state index contributed by atoms with van der Waals surface area (Å²) in [7, 11) is 0. The molecule has 0 atom stereocenters. The molecule has 0 spiro atoms. The maximum absolute atomic E-state index is 11.1. The van der Waals surface area contributed by atoms with E-state index in [0.29, 0.717) is 13.1 Å². The van der Waals surface area contributed by atoms with E-state index in [1.165, 1.54) is 16.5 Å². The number of hydrogen-bond donors (Lipinski definition) is 2. The van der Waals surface area contributed by atoms with E-state index in [1.54, 1.807) is 0 Å². The summed E-state index contributed by atoms with van der Waals surface area (Å²) in [6, 6.07) is 8.34. The first-order chi connectivity index (χ1) is 10.5. The Bertz CT molecular complexity index is 670. The molecular formula is C17H23N3O2. The highest BCUT2D eigenvalue weighted by Crippen LogP contribution is 2.23. The molecular weight excluding hydrogens is 278 g/mol. The molecule has 2 N–H and O–H groups in total. The number of likely N-dealkylation sites (N-methyl/N-ethyl adjacent to an activating group) is 1. The van der Waals surface area contributed by atoms with Crippen LogP contribution in [0.5, 0.6) is 0 Å². The second-order valence-corrected chi connectivity index (χ2v) is 5.41. The fourth-order valence-corrected chi connectivity index (χ4v) is 2.47. The van der Waals surface area contributed by atoms with Gasteiger partial charge in [-0.2, -0.15) is 0 Å². The maximum Gasteiger partial charge on any atom is 0.245 e. The molecule has 0 aliphatic heterocycles. The van der Waals surface area contributed by atoms with Crippen molar-refractivity contribution in [1.82, 2.24) is 10.3 Å². The number of carbonyl (C=O) groups is 1. The van der Waals surface area contributed by atoms with Gasteiger partial charge >= 0.3 is 0 Å². The number of pyridine rings is 1. The summed E-state index contributed by atoms with van der Waals surface area (Å²) in [6.07, 6.45) is 0. The average molecular weight is 301 g/mol. The smallest absolute Gasteiger partial charge is 0.245 e. The Kier molecular flexibility index (Phi) is 5.33. The van der Waals surface area contributed by atoms with Crippen molar-refractivity contribution in [1.29, 1.82) is 0 Å². The molecule has 0 aliphatic rings. The van der Waals surface area contributed by atoms with E-state index in [0.717, 1.165) is 17.9 Å². The molecule has 5 heteroatoms. The fraction of sp³-hybridized carbons (Fsp3) is 0.412. The van der Waals surface area contributed by atoms with Crippen molar-refractivity contribution < 1.29 is 9.90 Å².